The number of nitrogens with zero attached hydrogens (tertiary/aromatic N) is 1. The Kier molecular flexibility index (Phi) is 10.3. The Bertz CT molecular complexity index is 456. The molecule has 0 aliphatic carbocycles. The molecule has 22 heavy (non-hydrogen) atoms. The number of nitrogens with one attached hydrogen (secondary N) is 2. The molecule has 0 spiro atoms. The van der Waals surface area contributed by atoms with E-state index in [1.165, 1.54) is 10.4 Å². The lowest BCUT2D eigenvalue weighted by Crippen LogP contribution is -2.45. The van der Waals surface area contributed by atoms with Crippen molar-refractivity contribution in [2.24, 2.45) is 5.92 Å². The smallest absolute Gasteiger partial charge is 0.224 e. The fourth-order valence-corrected chi connectivity index (χ4v) is 3.49. The van der Waals surface area contributed by atoms with Gasteiger partial charge in [-0.2, -0.15) is 0 Å². The summed E-state index contributed by atoms with van der Waals surface area (Å²) in [4.78, 5) is 15.9. The molecule has 2 unspecified atom stereocenters. The number of hydrogen-bond donors (Lipinski definition) is 2. The first-order chi connectivity index (χ1) is 9.61. The zero-order valence-electron chi connectivity index (χ0n) is 13.4. The zero-order chi connectivity index (χ0) is 14.5. The molecule has 1 aliphatic heterocycles. The molecule has 1 aromatic rings. The molecule has 0 radical (unpaired) electrons. The maximum absolute atomic E-state index is 11.9. The minimum absolute atomic E-state index is 0. The largest absolute Gasteiger partial charge is 0.354 e. The third kappa shape index (κ3) is 5.70. The lowest BCUT2D eigenvalue weighted by atomic mass is 10.1. The molecule has 2 rings (SSSR count). The number of halogens is 2. The van der Waals surface area contributed by atoms with Crippen LogP contribution in [0.4, 0.5) is 0 Å². The summed E-state index contributed by atoms with van der Waals surface area (Å²) in [7, 11) is 1.87. The second-order valence-corrected chi connectivity index (χ2v) is 6.64. The summed E-state index contributed by atoms with van der Waals surface area (Å²) in [5, 5.41) is 8.28. The molecule has 7 heteroatoms. The number of rotatable bonds is 6. The van der Waals surface area contributed by atoms with E-state index in [1.54, 1.807) is 0 Å². The molecule has 2 heterocycles. The maximum atomic E-state index is 11.9. The second kappa shape index (κ2) is 10.4. The van der Waals surface area contributed by atoms with Crippen molar-refractivity contribution in [1.29, 1.82) is 0 Å². The molecular weight excluding hydrogens is 341 g/mol. The van der Waals surface area contributed by atoms with Gasteiger partial charge in [-0.15, -0.1) is 36.2 Å². The number of thiophene rings is 1. The Labute approximate surface area is 149 Å². The van der Waals surface area contributed by atoms with Crippen LogP contribution < -0.4 is 10.6 Å². The molecule has 128 valence electrons. The van der Waals surface area contributed by atoms with Crippen molar-refractivity contribution in [3.05, 3.63) is 21.9 Å². The lowest BCUT2D eigenvalue weighted by molar-refractivity contribution is -0.124. The van der Waals surface area contributed by atoms with Crippen LogP contribution in [0.3, 0.4) is 0 Å². The molecular formula is C15H27Cl2N3OS. The summed E-state index contributed by atoms with van der Waals surface area (Å²) in [6.07, 6.45) is 1.14. The SMILES string of the molecule is CNCC(C)C(=O)NCC(C)N1CCc2sccc2C1.Cl.Cl. The summed E-state index contributed by atoms with van der Waals surface area (Å²) in [5.41, 5.74) is 1.46. The Morgan fingerprint density at radius 2 is 2.09 bits per heavy atom. The highest BCUT2D eigenvalue weighted by Crippen LogP contribution is 2.24. The minimum atomic E-state index is 0. The van der Waals surface area contributed by atoms with E-state index < -0.39 is 0 Å². The van der Waals surface area contributed by atoms with Gasteiger partial charge in [-0.1, -0.05) is 6.92 Å². The molecule has 1 amide bonds. The molecule has 1 aliphatic rings. The molecule has 0 fully saturated rings. The summed E-state index contributed by atoms with van der Waals surface area (Å²) < 4.78 is 0. The van der Waals surface area contributed by atoms with Gasteiger partial charge in [0.1, 0.15) is 0 Å². The monoisotopic (exact) mass is 367 g/mol. The quantitative estimate of drug-likeness (QED) is 0.810. The third-order valence-corrected chi connectivity index (χ3v) is 5.01. The van der Waals surface area contributed by atoms with Crippen LogP contribution in [0, 0.1) is 5.92 Å². The van der Waals surface area contributed by atoms with E-state index in [4.69, 9.17) is 0 Å². The third-order valence-electron chi connectivity index (χ3n) is 3.99. The van der Waals surface area contributed by atoms with Crippen LogP contribution in [-0.2, 0) is 17.8 Å². The first-order valence-electron chi connectivity index (χ1n) is 7.33. The Morgan fingerprint density at radius 3 is 2.77 bits per heavy atom. The van der Waals surface area contributed by atoms with Gasteiger partial charge in [0.15, 0.2) is 0 Å². The molecule has 0 saturated carbocycles. The standard InChI is InChI=1S/C15H25N3OS.2ClH/c1-11(8-16-3)15(19)17-9-12(2)18-6-4-14-13(10-18)5-7-20-14;;/h5,7,11-12,16H,4,6,8-10H2,1-3H3,(H,17,19);2*1H. The van der Waals surface area contributed by atoms with Gasteiger partial charge in [0, 0.05) is 43.0 Å². The average molecular weight is 368 g/mol. The van der Waals surface area contributed by atoms with Crippen LogP contribution in [0.25, 0.3) is 0 Å². The second-order valence-electron chi connectivity index (χ2n) is 5.64. The van der Waals surface area contributed by atoms with E-state index in [0.717, 1.165) is 32.6 Å². The number of amides is 1. The maximum Gasteiger partial charge on any atom is 0.224 e. The van der Waals surface area contributed by atoms with Gasteiger partial charge in [-0.05, 0) is 37.4 Å². The lowest BCUT2D eigenvalue weighted by Gasteiger charge is -2.32. The van der Waals surface area contributed by atoms with E-state index in [9.17, 15) is 4.79 Å². The average Bonchev–Trinajstić information content (AvgIpc) is 2.91. The van der Waals surface area contributed by atoms with Crippen LogP contribution in [0.15, 0.2) is 11.4 Å². The topological polar surface area (TPSA) is 44.4 Å². The number of hydrogen-bond acceptors (Lipinski definition) is 4. The molecule has 0 bridgehead atoms. The van der Waals surface area contributed by atoms with E-state index in [2.05, 4.69) is 33.9 Å². The summed E-state index contributed by atoms with van der Waals surface area (Å²) in [5.74, 6) is 0.163. The van der Waals surface area contributed by atoms with Crippen molar-refractivity contribution >= 4 is 42.1 Å². The highest BCUT2D eigenvalue weighted by Gasteiger charge is 2.22. The van der Waals surface area contributed by atoms with Gasteiger partial charge in [0.05, 0.1) is 0 Å². The van der Waals surface area contributed by atoms with Crippen molar-refractivity contribution in [2.45, 2.75) is 32.9 Å². The number of fused-ring (bicyclic) bond motifs is 1. The highest BCUT2D eigenvalue weighted by molar-refractivity contribution is 7.10. The predicted octanol–water partition coefficient (Wildman–Crippen LogP) is 2.31. The van der Waals surface area contributed by atoms with Crippen LogP contribution in [0.5, 0.6) is 0 Å². The fourth-order valence-electron chi connectivity index (χ4n) is 2.60. The van der Waals surface area contributed by atoms with Crippen molar-refractivity contribution in [3.63, 3.8) is 0 Å². The van der Waals surface area contributed by atoms with E-state index in [-0.39, 0.29) is 36.6 Å². The molecule has 4 nitrogen and oxygen atoms in total. The normalized spacial score (nSPS) is 16.7. The summed E-state index contributed by atoms with van der Waals surface area (Å²) in [6.45, 7) is 7.71. The van der Waals surface area contributed by atoms with Crippen LogP contribution in [0.2, 0.25) is 0 Å². The Hall–Kier alpha value is -0.330. The fraction of sp³-hybridized carbons (Fsp3) is 0.667. The molecule has 2 N–H and O–H groups in total. The van der Waals surface area contributed by atoms with Gasteiger partial charge >= 0.3 is 0 Å². The van der Waals surface area contributed by atoms with E-state index in [1.807, 2.05) is 25.3 Å². The predicted molar refractivity (Wildman–Crippen MR) is 98.5 cm³/mol. The van der Waals surface area contributed by atoms with Gasteiger partial charge in [0.2, 0.25) is 5.91 Å². The van der Waals surface area contributed by atoms with Crippen molar-refractivity contribution in [2.75, 3.05) is 26.7 Å². The first-order valence-corrected chi connectivity index (χ1v) is 8.21. The van der Waals surface area contributed by atoms with Crippen LogP contribution >= 0.6 is 36.2 Å². The first kappa shape index (κ1) is 21.7. The highest BCUT2D eigenvalue weighted by atomic mass is 35.5. The number of carbonyl (C=O) groups excluding carboxylic acids is 1. The van der Waals surface area contributed by atoms with Crippen molar-refractivity contribution < 1.29 is 4.79 Å². The molecule has 0 aromatic carbocycles. The van der Waals surface area contributed by atoms with E-state index >= 15 is 0 Å². The van der Waals surface area contributed by atoms with Gasteiger partial charge in [-0.3, -0.25) is 9.69 Å². The number of carbonyl (C=O) groups is 1. The van der Waals surface area contributed by atoms with Crippen LogP contribution in [-0.4, -0.2) is 43.5 Å². The molecule has 0 saturated heterocycles. The Morgan fingerprint density at radius 1 is 1.36 bits per heavy atom. The summed E-state index contributed by atoms with van der Waals surface area (Å²) in [6, 6.07) is 2.61. The van der Waals surface area contributed by atoms with Gasteiger partial charge in [0.25, 0.3) is 0 Å². The van der Waals surface area contributed by atoms with Gasteiger partial charge < -0.3 is 10.6 Å². The van der Waals surface area contributed by atoms with Crippen molar-refractivity contribution in [3.8, 4) is 0 Å². The van der Waals surface area contributed by atoms with Gasteiger partial charge in [-0.25, -0.2) is 0 Å². The minimum Gasteiger partial charge on any atom is -0.354 e. The van der Waals surface area contributed by atoms with Crippen molar-refractivity contribution in [1.82, 2.24) is 15.5 Å². The van der Waals surface area contributed by atoms with E-state index in [0.29, 0.717) is 6.04 Å². The van der Waals surface area contributed by atoms with Crippen LogP contribution in [0.1, 0.15) is 24.3 Å². The zero-order valence-corrected chi connectivity index (χ0v) is 15.9. The molecule has 2 atom stereocenters. The Balaban J connectivity index is 0.00000220. The summed E-state index contributed by atoms with van der Waals surface area (Å²) >= 11 is 1.86. The molecule has 1 aromatic heterocycles.